The SMILES string of the molecule is CCOc1ccc(C(=O)NNC(=O)c2ccc(-c3ccc(C)cc3)cc2F)cc1OC. The molecule has 3 aromatic rings. The Labute approximate surface area is 180 Å². The predicted molar refractivity (Wildman–Crippen MR) is 116 cm³/mol. The number of methoxy groups -OCH3 is 1. The Morgan fingerprint density at radius 3 is 2.19 bits per heavy atom. The zero-order valence-corrected chi connectivity index (χ0v) is 17.5. The number of carbonyl (C=O) groups is 2. The number of rotatable bonds is 6. The molecule has 6 nitrogen and oxygen atoms in total. The Morgan fingerprint density at radius 2 is 1.55 bits per heavy atom. The van der Waals surface area contributed by atoms with Crippen molar-refractivity contribution in [3.63, 3.8) is 0 Å². The highest BCUT2D eigenvalue weighted by Crippen LogP contribution is 2.28. The molecule has 0 saturated carbocycles. The molecule has 0 spiro atoms. The maximum absolute atomic E-state index is 14.5. The number of benzene rings is 3. The summed E-state index contributed by atoms with van der Waals surface area (Å²) >= 11 is 0. The first-order chi connectivity index (χ1) is 14.9. The fourth-order valence-corrected chi connectivity index (χ4v) is 2.96. The van der Waals surface area contributed by atoms with Gasteiger partial charge in [0.05, 0.1) is 19.3 Å². The first kappa shape index (κ1) is 21.8. The summed E-state index contributed by atoms with van der Waals surface area (Å²) in [6.45, 7) is 4.25. The van der Waals surface area contributed by atoms with E-state index in [-0.39, 0.29) is 11.1 Å². The maximum atomic E-state index is 14.5. The zero-order valence-electron chi connectivity index (χ0n) is 17.5. The number of nitrogens with one attached hydrogen (secondary N) is 2. The molecule has 0 aliphatic rings. The third-order valence-electron chi connectivity index (χ3n) is 4.61. The first-order valence-electron chi connectivity index (χ1n) is 9.71. The van der Waals surface area contributed by atoms with Crippen LogP contribution in [-0.4, -0.2) is 25.5 Å². The minimum atomic E-state index is -0.765. The summed E-state index contributed by atoms with van der Waals surface area (Å²) in [5.74, 6) is -1.14. The van der Waals surface area contributed by atoms with E-state index in [1.165, 1.54) is 31.4 Å². The molecule has 0 aliphatic carbocycles. The Hall–Kier alpha value is -3.87. The lowest BCUT2D eigenvalue weighted by Crippen LogP contribution is -2.41. The molecular formula is C24H23FN2O4. The second kappa shape index (κ2) is 9.75. The molecular weight excluding hydrogens is 399 g/mol. The van der Waals surface area contributed by atoms with Crippen LogP contribution in [0.3, 0.4) is 0 Å². The van der Waals surface area contributed by atoms with Gasteiger partial charge in [0.2, 0.25) is 0 Å². The molecule has 160 valence electrons. The van der Waals surface area contributed by atoms with Crippen molar-refractivity contribution < 1.29 is 23.5 Å². The number of hydrazine groups is 1. The normalized spacial score (nSPS) is 10.3. The molecule has 0 heterocycles. The van der Waals surface area contributed by atoms with Crippen LogP contribution in [-0.2, 0) is 0 Å². The summed E-state index contributed by atoms with van der Waals surface area (Å²) in [6, 6.07) is 16.6. The van der Waals surface area contributed by atoms with Gasteiger partial charge in [-0.2, -0.15) is 0 Å². The molecule has 0 radical (unpaired) electrons. The summed E-state index contributed by atoms with van der Waals surface area (Å²) in [4.78, 5) is 24.7. The van der Waals surface area contributed by atoms with Crippen molar-refractivity contribution in [2.24, 2.45) is 0 Å². The Morgan fingerprint density at radius 1 is 0.871 bits per heavy atom. The monoisotopic (exact) mass is 422 g/mol. The average molecular weight is 422 g/mol. The van der Waals surface area contributed by atoms with Gasteiger partial charge in [-0.3, -0.25) is 20.4 Å². The van der Waals surface area contributed by atoms with Crippen LogP contribution in [0.15, 0.2) is 60.7 Å². The molecule has 0 aromatic heterocycles. The van der Waals surface area contributed by atoms with Gasteiger partial charge in [-0.1, -0.05) is 35.9 Å². The number of aryl methyl sites for hydroxylation is 1. The maximum Gasteiger partial charge on any atom is 0.272 e. The molecule has 3 rings (SSSR count). The van der Waals surface area contributed by atoms with Gasteiger partial charge in [-0.25, -0.2) is 4.39 Å². The van der Waals surface area contributed by atoms with Crippen LogP contribution < -0.4 is 20.3 Å². The van der Waals surface area contributed by atoms with Crippen molar-refractivity contribution >= 4 is 11.8 Å². The van der Waals surface area contributed by atoms with E-state index in [0.29, 0.717) is 23.7 Å². The van der Waals surface area contributed by atoms with Crippen LogP contribution in [0.4, 0.5) is 4.39 Å². The van der Waals surface area contributed by atoms with E-state index in [2.05, 4.69) is 10.9 Å². The van der Waals surface area contributed by atoms with E-state index >= 15 is 0 Å². The lowest BCUT2D eigenvalue weighted by molar-refractivity contribution is 0.0844. The Bertz CT molecular complexity index is 1100. The fourth-order valence-electron chi connectivity index (χ4n) is 2.96. The van der Waals surface area contributed by atoms with Crippen molar-refractivity contribution in [1.82, 2.24) is 10.9 Å². The standard InChI is InChI=1S/C24H23FN2O4/c1-4-31-21-12-10-18(14-22(21)30-3)23(28)26-27-24(29)19-11-9-17(13-20(19)25)16-7-5-15(2)6-8-16/h5-14H,4H2,1-3H3,(H,26,28)(H,27,29). The number of halogens is 1. The fraction of sp³-hybridized carbons (Fsp3) is 0.167. The van der Waals surface area contributed by atoms with Gasteiger partial charge in [0, 0.05) is 5.56 Å². The van der Waals surface area contributed by atoms with Gasteiger partial charge in [0.1, 0.15) is 5.82 Å². The molecule has 0 atom stereocenters. The number of hydrogen-bond acceptors (Lipinski definition) is 4. The Kier molecular flexibility index (Phi) is 6.87. The van der Waals surface area contributed by atoms with Gasteiger partial charge >= 0.3 is 0 Å². The molecule has 0 saturated heterocycles. The third kappa shape index (κ3) is 5.19. The molecule has 2 N–H and O–H groups in total. The van der Waals surface area contributed by atoms with Crippen LogP contribution in [0.1, 0.15) is 33.2 Å². The highest BCUT2D eigenvalue weighted by molar-refractivity contribution is 5.99. The first-order valence-corrected chi connectivity index (χ1v) is 9.71. The van der Waals surface area contributed by atoms with E-state index in [9.17, 15) is 14.0 Å². The van der Waals surface area contributed by atoms with Crippen molar-refractivity contribution in [2.45, 2.75) is 13.8 Å². The average Bonchev–Trinajstić information content (AvgIpc) is 2.78. The lowest BCUT2D eigenvalue weighted by atomic mass is 10.0. The van der Waals surface area contributed by atoms with Gasteiger partial charge in [-0.15, -0.1) is 0 Å². The van der Waals surface area contributed by atoms with Gasteiger partial charge in [0.25, 0.3) is 11.8 Å². The molecule has 2 amide bonds. The van der Waals surface area contributed by atoms with Crippen molar-refractivity contribution in [3.05, 3.63) is 83.2 Å². The Balaban J connectivity index is 1.67. The summed E-state index contributed by atoms with van der Waals surface area (Å²) in [5.41, 5.74) is 7.17. The molecule has 3 aromatic carbocycles. The second-order valence-corrected chi connectivity index (χ2v) is 6.77. The number of ether oxygens (including phenoxy) is 2. The molecule has 0 unspecified atom stereocenters. The van der Waals surface area contributed by atoms with Crippen LogP contribution in [0.5, 0.6) is 11.5 Å². The van der Waals surface area contributed by atoms with E-state index < -0.39 is 17.6 Å². The quantitative estimate of drug-likeness (QED) is 0.582. The van der Waals surface area contributed by atoms with Crippen molar-refractivity contribution in [1.29, 1.82) is 0 Å². The summed E-state index contributed by atoms with van der Waals surface area (Å²) in [5, 5.41) is 0. The zero-order chi connectivity index (χ0) is 22.4. The van der Waals surface area contributed by atoms with E-state index in [1.54, 1.807) is 12.1 Å². The van der Waals surface area contributed by atoms with Crippen molar-refractivity contribution in [3.8, 4) is 22.6 Å². The topological polar surface area (TPSA) is 76.7 Å². The molecule has 0 fully saturated rings. The van der Waals surface area contributed by atoms with Crippen LogP contribution in [0.25, 0.3) is 11.1 Å². The summed E-state index contributed by atoms with van der Waals surface area (Å²) in [7, 11) is 1.46. The minimum Gasteiger partial charge on any atom is -0.493 e. The number of carbonyl (C=O) groups excluding carboxylic acids is 2. The van der Waals surface area contributed by atoms with Crippen LogP contribution >= 0.6 is 0 Å². The van der Waals surface area contributed by atoms with Crippen molar-refractivity contribution in [2.75, 3.05) is 13.7 Å². The molecule has 0 aliphatic heterocycles. The van der Waals surface area contributed by atoms with E-state index in [4.69, 9.17) is 9.47 Å². The molecule has 7 heteroatoms. The highest BCUT2D eigenvalue weighted by atomic mass is 19.1. The molecule has 31 heavy (non-hydrogen) atoms. The molecule has 0 bridgehead atoms. The third-order valence-corrected chi connectivity index (χ3v) is 4.61. The van der Waals surface area contributed by atoms with E-state index in [0.717, 1.165) is 11.1 Å². The lowest BCUT2D eigenvalue weighted by Gasteiger charge is -2.12. The summed E-state index contributed by atoms with van der Waals surface area (Å²) in [6.07, 6.45) is 0. The predicted octanol–water partition coefficient (Wildman–Crippen LogP) is 4.28. The van der Waals surface area contributed by atoms with Crippen LogP contribution in [0, 0.1) is 12.7 Å². The van der Waals surface area contributed by atoms with Gasteiger partial charge in [-0.05, 0) is 55.3 Å². The number of amides is 2. The second-order valence-electron chi connectivity index (χ2n) is 6.77. The minimum absolute atomic E-state index is 0.180. The van der Waals surface area contributed by atoms with Gasteiger partial charge in [0.15, 0.2) is 11.5 Å². The summed E-state index contributed by atoms with van der Waals surface area (Å²) < 4.78 is 25.1. The van der Waals surface area contributed by atoms with Crippen LogP contribution in [0.2, 0.25) is 0 Å². The van der Waals surface area contributed by atoms with Gasteiger partial charge < -0.3 is 9.47 Å². The number of hydrogen-bond donors (Lipinski definition) is 2. The largest absolute Gasteiger partial charge is 0.493 e. The van der Waals surface area contributed by atoms with E-state index in [1.807, 2.05) is 38.1 Å². The smallest absolute Gasteiger partial charge is 0.272 e. The highest BCUT2D eigenvalue weighted by Gasteiger charge is 2.15.